The molecule has 1 fully saturated rings. The van der Waals surface area contributed by atoms with Gasteiger partial charge in [0.25, 0.3) is 5.56 Å². The molecule has 0 aliphatic carbocycles. The van der Waals surface area contributed by atoms with Gasteiger partial charge in [-0.25, -0.2) is 4.79 Å². The Bertz CT molecular complexity index is 1160. The largest absolute Gasteiger partial charge is 0.494 e. The average Bonchev–Trinajstić information content (AvgIpc) is 2.93. The van der Waals surface area contributed by atoms with Gasteiger partial charge in [-0.3, -0.25) is 19.2 Å². The van der Waals surface area contributed by atoms with Crippen LogP contribution in [0.15, 0.2) is 34.8 Å². The number of carbonyl (C=O) groups is 1. The Kier molecular flexibility index (Phi) is 6.05. The van der Waals surface area contributed by atoms with Crippen LogP contribution in [0.3, 0.4) is 0 Å². The molecule has 0 unspecified atom stereocenters. The van der Waals surface area contributed by atoms with E-state index < -0.39 is 23.0 Å². The molecule has 1 saturated heterocycles. The highest BCUT2D eigenvalue weighted by Gasteiger charge is 2.43. The molecule has 0 bridgehead atoms. The van der Waals surface area contributed by atoms with E-state index in [0.29, 0.717) is 16.4 Å². The van der Waals surface area contributed by atoms with Crippen LogP contribution < -0.4 is 5.56 Å². The molecule has 0 radical (unpaired) electrons. The Labute approximate surface area is 189 Å². The summed E-state index contributed by atoms with van der Waals surface area (Å²) in [5.41, 5.74) is -1.53. The molecule has 0 saturated carbocycles. The first-order valence-electron chi connectivity index (χ1n) is 9.52. The first-order chi connectivity index (χ1) is 14.3. The maximum Gasteiger partial charge on any atom is 0.416 e. The summed E-state index contributed by atoms with van der Waals surface area (Å²) >= 11 is 11.2. The highest BCUT2D eigenvalue weighted by atomic mass is 35.5. The van der Waals surface area contributed by atoms with Gasteiger partial charge < -0.3 is 14.6 Å². The van der Waals surface area contributed by atoms with Gasteiger partial charge in [-0.1, -0.05) is 11.6 Å². The summed E-state index contributed by atoms with van der Waals surface area (Å²) in [7, 11) is 0. The van der Waals surface area contributed by atoms with Crippen LogP contribution in [0, 0.1) is 4.77 Å². The number of aromatic nitrogens is 2. The van der Waals surface area contributed by atoms with Crippen LogP contribution in [0.5, 0.6) is 5.88 Å². The van der Waals surface area contributed by atoms with Gasteiger partial charge in [0.15, 0.2) is 4.77 Å². The van der Waals surface area contributed by atoms with Crippen molar-refractivity contribution in [3.8, 4) is 11.6 Å². The molecule has 2 aromatic rings. The fourth-order valence-electron chi connectivity index (χ4n) is 3.14. The number of hydrogen-bond donors (Lipinski definition) is 2. The minimum Gasteiger partial charge on any atom is -0.494 e. The van der Waals surface area contributed by atoms with E-state index in [1.165, 1.54) is 15.5 Å². The van der Waals surface area contributed by atoms with Crippen molar-refractivity contribution in [3.63, 3.8) is 0 Å². The summed E-state index contributed by atoms with van der Waals surface area (Å²) in [4.78, 5) is 29.3. The fourth-order valence-corrected chi connectivity index (χ4v) is 3.55. The number of H-pyrrole nitrogens is 1. The van der Waals surface area contributed by atoms with Crippen LogP contribution in [-0.4, -0.2) is 43.6 Å². The number of rotatable bonds is 2. The number of aromatic amines is 1. The number of nitrogens with one attached hydrogen (secondary N) is 1. The topological polar surface area (TPSA) is 96.8 Å². The van der Waals surface area contributed by atoms with Crippen molar-refractivity contribution in [3.05, 3.63) is 55.7 Å². The lowest BCUT2D eigenvalue weighted by Gasteiger charge is -2.32. The van der Waals surface area contributed by atoms with E-state index in [-0.39, 0.29) is 22.8 Å². The van der Waals surface area contributed by atoms with Gasteiger partial charge in [0.05, 0.1) is 18.0 Å². The molecule has 0 atom stereocenters. The first-order valence-corrected chi connectivity index (χ1v) is 10.3. The van der Waals surface area contributed by atoms with Gasteiger partial charge in [-0.05, 0) is 77.2 Å². The highest BCUT2D eigenvalue weighted by Crippen LogP contribution is 2.33. The zero-order valence-corrected chi connectivity index (χ0v) is 19.4. The Balaban J connectivity index is 2.13. The van der Waals surface area contributed by atoms with Gasteiger partial charge in [0, 0.05) is 5.02 Å². The van der Waals surface area contributed by atoms with E-state index in [0.717, 1.165) is 0 Å². The first kappa shape index (κ1) is 23.1. The number of nitrogens with zero attached hydrogens (tertiary/aromatic N) is 2. The van der Waals surface area contributed by atoms with Crippen LogP contribution in [0.2, 0.25) is 5.02 Å². The summed E-state index contributed by atoms with van der Waals surface area (Å²) in [6.45, 7) is 8.73. The van der Waals surface area contributed by atoms with Crippen molar-refractivity contribution in [2.45, 2.75) is 45.9 Å². The third-order valence-corrected chi connectivity index (χ3v) is 5.03. The van der Waals surface area contributed by atoms with Crippen LogP contribution in [0.4, 0.5) is 4.79 Å². The summed E-state index contributed by atoms with van der Waals surface area (Å²) in [6.07, 6.45) is 0.774. The van der Waals surface area contributed by atoms with Gasteiger partial charge in [0.1, 0.15) is 16.9 Å². The smallest absolute Gasteiger partial charge is 0.416 e. The maximum absolute atomic E-state index is 12.8. The van der Waals surface area contributed by atoms with Crippen molar-refractivity contribution in [2.75, 3.05) is 6.61 Å². The molecule has 1 aliphatic heterocycles. The number of benzene rings is 1. The van der Waals surface area contributed by atoms with Crippen molar-refractivity contribution in [1.82, 2.24) is 14.5 Å². The highest BCUT2D eigenvalue weighted by molar-refractivity contribution is 7.71. The lowest BCUT2D eigenvalue weighted by atomic mass is 10.2. The van der Waals surface area contributed by atoms with Crippen LogP contribution in [0.1, 0.15) is 40.2 Å². The van der Waals surface area contributed by atoms with E-state index in [1.807, 2.05) is 0 Å². The van der Waals surface area contributed by atoms with E-state index in [1.54, 1.807) is 58.9 Å². The normalized spacial score (nSPS) is 17.2. The molecule has 3 rings (SSSR count). The Morgan fingerprint density at radius 3 is 2.52 bits per heavy atom. The van der Waals surface area contributed by atoms with Crippen LogP contribution in [-0.2, 0) is 9.47 Å². The third-order valence-electron chi connectivity index (χ3n) is 4.49. The summed E-state index contributed by atoms with van der Waals surface area (Å²) < 4.78 is 12.5. The van der Waals surface area contributed by atoms with Crippen LogP contribution in [0.25, 0.3) is 11.8 Å². The Morgan fingerprint density at radius 2 is 1.94 bits per heavy atom. The predicted octanol–water partition coefficient (Wildman–Crippen LogP) is 4.60. The molecule has 0 spiro atoms. The number of hydrogen-bond acceptors (Lipinski definition) is 6. The SMILES string of the molecule is CC(C)(C)OC(=O)N1C(=Cc2c(O)n(-c3ccc(Cl)cc3)c(=S)[nH]c2=O)COC1(C)C. The number of aromatic hydroxyl groups is 1. The van der Waals surface area contributed by atoms with Crippen molar-refractivity contribution < 1.29 is 19.4 Å². The zero-order valence-electron chi connectivity index (χ0n) is 17.9. The molecule has 1 aromatic carbocycles. The summed E-state index contributed by atoms with van der Waals surface area (Å²) in [5, 5.41) is 11.4. The van der Waals surface area contributed by atoms with E-state index >= 15 is 0 Å². The molecule has 2 heterocycles. The maximum atomic E-state index is 12.8. The lowest BCUT2D eigenvalue weighted by Crippen LogP contribution is -2.45. The van der Waals surface area contributed by atoms with E-state index in [9.17, 15) is 14.7 Å². The van der Waals surface area contributed by atoms with Gasteiger partial charge >= 0.3 is 6.09 Å². The van der Waals surface area contributed by atoms with E-state index in [2.05, 4.69) is 4.98 Å². The fraction of sp³-hybridized carbons (Fsp3) is 0.381. The van der Waals surface area contributed by atoms with Crippen molar-refractivity contribution in [2.24, 2.45) is 0 Å². The molecular formula is C21H24ClN3O5S. The van der Waals surface area contributed by atoms with Crippen molar-refractivity contribution >= 4 is 36.0 Å². The number of ether oxygens (including phenoxy) is 2. The average molecular weight is 466 g/mol. The number of amides is 1. The molecule has 2 N–H and O–H groups in total. The lowest BCUT2D eigenvalue weighted by molar-refractivity contribution is -0.0566. The molecule has 1 aromatic heterocycles. The molecule has 166 valence electrons. The van der Waals surface area contributed by atoms with Crippen LogP contribution >= 0.6 is 23.8 Å². The molecule has 10 heteroatoms. The zero-order chi connectivity index (χ0) is 23.1. The molecule has 1 aliphatic rings. The minimum absolute atomic E-state index is 0.0129. The second kappa shape index (κ2) is 8.14. The molecular weight excluding hydrogens is 442 g/mol. The van der Waals surface area contributed by atoms with E-state index in [4.69, 9.17) is 33.3 Å². The quantitative estimate of drug-likeness (QED) is 0.629. The standard InChI is InChI=1S/C21H24ClN3O5S/c1-20(2,3)30-19(28)25-14(11-29-21(25,4)5)10-15-16(26)23-18(31)24(17(15)27)13-8-6-12(22)7-9-13/h6-10,27H,11H2,1-5H3,(H,23,26,31). The van der Waals surface area contributed by atoms with Gasteiger partial charge in [-0.2, -0.15) is 0 Å². The Morgan fingerprint density at radius 1 is 1.32 bits per heavy atom. The van der Waals surface area contributed by atoms with Crippen molar-refractivity contribution in [1.29, 1.82) is 0 Å². The Hall–Kier alpha value is -2.62. The predicted molar refractivity (Wildman–Crippen MR) is 120 cm³/mol. The second-order valence-corrected chi connectivity index (χ2v) is 9.32. The summed E-state index contributed by atoms with van der Waals surface area (Å²) in [5.74, 6) is -0.377. The molecule has 8 nitrogen and oxygen atoms in total. The number of carbonyl (C=O) groups excluding carboxylic acids is 1. The molecule has 1 amide bonds. The van der Waals surface area contributed by atoms with Gasteiger partial charge in [0.2, 0.25) is 5.88 Å². The minimum atomic E-state index is -0.999. The second-order valence-electron chi connectivity index (χ2n) is 8.50. The third kappa shape index (κ3) is 4.84. The molecule has 31 heavy (non-hydrogen) atoms. The monoisotopic (exact) mass is 465 g/mol. The summed E-state index contributed by atoms with van der Waals surface area (Å²) in [6, 6.07) is 6.58. The number of halogens is 1. The van der Waals surface area contributed by atoms with Gasteiger partial charge in [-0.15, -0.1) is 0 Å².